The molecule has 1 aliphatic heterocycles. The SMILES string of the molecule is CC(NC1CCOCC1)c1cccc(-n2cnnn2)c1. The molecule has 1 fully saturated rings. The van der Waals surface area contributed by atoms with Crippen molar-refractivity contribution in [1.29, 1.82) is 0 Å². The first-order chi connectivity index (χ1) is 9.83. The molecule has 20 heavy (non-hydrogen) atoms. The molecule has 0 saturated carbocycles. The Kier molecular flexibility index (Phi) is 4.03. The third kappa shape index (κ3) is 3.02. The Morgan fingerprint density at radius 2 is 2.20 bits per heavy atom. The van der Waals surface area contributed by atoms with E-state index >= 15 is 0 Å². The highest BCUT2D eigenvalue weighted by molar-refractivity contribution is 5.35. The van der Waals surface area contributed by atoms with Gasteiger partial charge in [0.05, 0.1) is 5.69 Å². The molecule has 0 spiro atoms. The molecule has 6 heteroatoms. The van der Waals surface area contributed by atoms with Crippen LogP contribution in [0.3, 0.4) is 0 Å². The Hall–Kier alpha value is -1.79. The Balaban J connectivity index is 1.71. The van der Waals surface area contributed by atoms with Crippen LogP contribution in [-0.2, 0) is 4.74 Å². The lowest BCUT2D eigenvalue weighted by molar-refractivity contribution is 0.0754. The largest absolute Gasteiger partial charge is 0.381 e. The number of hydrogen-bond acceptors (Lipinski definition) is 5. The van der Waals surface area contributed by atoms with E-state index in [0.717, 1.165) is 31.7 Å². The molecular formula is C14H19N5O. The van der Waals surface area contributed by atoms with Gasteiger partial charge in [0.15, 0.2) is 0 Å². The van der Waals surface area contributed by atoms with Gasteiger partial charge in [0, 0.05) is 25.3 Å². The van der Waals surface area contributed by atoms with Crippen molar-refractivity contribution in [1.82, 2.24) is 25.5 Å². The van der Waals surface area contributed by atoms with Crippen LogP contribution in [0.2, 0.25) is 0 Å². The van der Waals surface area contributed by atoms with Gasteiger partial charge in [0.1, 0.15) is 6.33 Å². The van der Waals surface area contributed by atoms with Crippen LogP contribution in [-0.4, -0.2) is 39.5 Å². The van der Waals surface area contributed by atoms with Crippen LogP contribution in [0, 0.1) is 0 Å². The van der Waals surface area contributed by atoms with Crippen LogP contribution in [0.25, 0.3) is 5.69 Å². The van der Waals surface area contributed by atoms with Crippen molar-refractivity contribution in [3.8, 4) is 5.69 Å². The Morgan fingerprint density at radius 3 is 2.95 bits per heavy atom. The van der Waals surface area contributed by atoms with Gasteiger partial charge in [-0.1, -0.05) is 12.1 Å². The Labute approximate surface area is 118 Å². The first-order valence-electron chi connectivity index (χ1n) is 7.00. The summed E-state index contributed by atoms with van der Waals surface area (Å²) in [6.07, 6.45) is 3.77. The molecule has 0 bridgehead atoms. The summed E-state index contributed by atoms with van der Waals surface area (Å²) in [5, 5.41) is 14.9. The van der Waals surface area contributed by atoms with Gasteiger partial charge in [-0.2, -0.15) is 0 Å². The number of nitrogens with zero attached hydrogens (tertiary/aromatic N) is 4. The first-order valence-corrected chi connectivity index (χ1v) is 7.00. The fourth-order valence-electron chi connectivity index (χ4n) is 2.53. The fourth-order valence-corrected chi connectivity index (χ4v) is 2.53. The fraction of sp³-hybridized carbons (Fsp3) is 0.500. The van der Waals surface area contributed by atoms with E-state index in [1.807, 2.05) is 12.1 Å². The Bertz CT molecular complexity index is 536. The quantitative estimate of drug-likeness (QED) is 0.914. The van der Waals surface area contributed by atoms with Crippen molar-refractivity contribution in [3.05, 3.63) is 36.2 Å². The lowest BCUT2D eigenvalue weighted by Crippen LogP contribution is -2.36. The summed E-state index contributed by atoms with van der Waals surface area (Å²) in [5.41, 5.74) is 2.22. The molecule has 1 aromatic heterocycles. The highest BCUT2D eigenvalue weighted by Gasteiger charge is 2.16. The Morgan fingerprint density at radius 1 is 1.35 bits per heavy atom. The van der Waals surface area contributed by atoms with Gasteiger partial charge in [-0.3, -0.25) is 0 Å². The maximum atomic E-state index is 5.39. The number of rotatable bonds is 4. The average Bonchev–Trinajstić information content (AvgIpc) is 3.03. The number of ether oxygens (including phenoxy) is 1. The van der Waals surface area contributed by atoms with E-state index in [-0.39, 0.29) is 0 Å². The predicted molar refractivity (Wildman–Crippen MR) is 74.5 cm³/mol. The van der Waals surface area contributed by atoms with Crippen molar-refractivity contribution in [3.63, 3.8) is 0 Å². The summed E-state index contributed by atoms with van der Waals surface area (Å²) < 4.78 is 7.06. The molecule has 6 nitrogen and oxygen atoms in total. The zero-order valence-electron chi connectivity index (χ0n) is 11.6. The van der Waals surface area contributed by atoms with Crippen molar-refractivity contribution < 1.29 is 4.74 Å². The summed E-state index contributed by atoms with van der Waals surface area (Å²) in [6.45, 7) is 3.90. The zero-order valence-corrected chi connectivity index (χ0v) is 11.6. The second-order valence-electron chi connectivity index (χ2n) is 5.12. The predicted octanol–water partition coefficient (Wildman–Crippen LogP) is 1.49. The second-order valence-corrected chi connectivity index (χ2v) is 5.12. The van der Waals surface area contributed by atoms with Gasteiger partial charge in [-0.05, 0) is 47.9 Å². The van der Waals surface area contributed by atoms with Gasteiger partial charge in [-0.15, -0.1) is 5.10 Å². The van der Waals surface area contributed by atoms with Crippen LogP contribution in [0.15, 0.2) is 30.6 Å². The number of hydrogen-bond donors (Lipinski definition) is 1. The van der Waals surface area contributed by atoms with Gasteiger partial charge in [-0.25, -0.2) is 4.68 Å². The molecule has 0 aliphatic carbocycles. The molecule has 2 heterocycles. The first kappa shape index (κ1) is 13.2. The summed E-state index contributed by atoms with van der Waals surface area (Å²) in [7, 11) is 0. The second kappa shape index (κ2) is 6.11. The number of tetrazole rings is 1. The molecular weight excluding hydrogens is 254 g/mol. The molecule has 1 aromatic carbocycles. The smallest absolute Gasteiger partial charge is 0.143 e. The van der Waals surface area contributed by atoms with Crippen LogP contribution in [0.5, 0.6) is 0 Å². The van der Waals surface area contributed by atoms with Crippen molar-refractivity contribution in [2.24, 2.45) is 0 Å². The van der Waals surface area contributed by atoms with E-state index in [9.17, 15) is 0 Å². The molecule has 106 valence electrons. The highest BCUT2D eigenvalue weighted by Crippen LogP contribution is 2.18. The molecule has 0 radical (unpaired) electrons. The van der Waals surface area contributed by atoms with Crippen LogP contribution < -0.4 is 5.32 Å². The molecule has 1 aliphatic rings. The van der Waals surface area contributed by atoms with Gasteiger partial charge in [0.25, 0.3) is 0 Å². The van der Waals surface area contributed by atoms with E-state index in [4.69, 9.17) is 4.74 Å². The summed E-state index contributed by atoms with van der Waals surface area (Å²) in [6, 6.07) is 9.12. The van der Waals surface area contributed by atoms with E-state index < -0.39 is 0 Å². The third-order valence-corrected chi connectivity index (χ3v) is 3.69. The van der Waals surface area contributed by atoms with Crippen molar-refractivity contribution >= 4 is 0 Å². The minimum absolute atomic E-state index is 0.300. The average molecular weight is 273 g/mol. The molecule has 3 rings (SSSR count). The monoisotopic (exact) mass is 273 g/mol. The standard InChI is InChI=1S/C14H19N5O/c1-11(16-13-5-7-20-8-6-13)12-3-2-4-14(9-12)19-10-15-17-18-19/h2-4,9-11,13,16H,5-8H2,1H3. The van der Waals surface area contributed by atoms with E-state index in [0.29, 0.717) is 12.1 Å². The summed E-state index contributed by atoms with van der Waals surface area (Å²) >= 11 is 0. The lowest BCUT2D eigenvalue weighted by atomic mass is 10.0. The molecule has 1 atom stereocenters. The topological polar surface area (TPSA) is 64.9 Å². The molecule has 1 N–H and O–H groups in total. The van der Waals surface area contributed by atoms with E-state index in [1.165, 1.54) is 5.56 Å². The third-order valence-electron chi connectivity index (χ3n) is 3.69. The van der Waals surface area contributed by atoms with Crippen LogP contribution in [0.4, 0.5) is 0 Å². The minimum Gasteiger partial charge on any atom is -0.381 e. The van der Waals surface area contributed by atoms with Gasteiger partial charge < -0.3 is 10.1 Å². The van der Waals surface area contributed by atoms with Crippen molar-refractivity contribution in [2.45, 2.75) is 31.8 Å². The lowest BCUT2D eigenvalue weighted by Gasteiger charge is -2.27. The maximum absolute atomic E-state index is 5.39. The van der Waals surface area contributed by atoms with Gasteiger partial charge in [0.2, 0.25) is 0 Å². The van der Waals surface area contributed by atoms with E-state index in [1.54, 1.807) is 11.0 Å². The number of nitrogens with one attached hydrogen (secondary N) is 1. The molecule has 1 unspecified atom stereocenters. The summed E-state index contributed by atoms with van der Waals surface area (Å²) in [4.78, 5) is 0. The molecule has 0 amide bonds. The zero-order chi connectivity index (χ0) is 13.8. The number of benzene rings is 1. The van der Waals surface area contributed by atoms with Crippen molar-refractivity contribution in [2.75, 3.05) is 13.2 Å². The summed E-state index contributed by atoms with van der Waals surface area (Å²) in [5.74, 6) is 0. The number of aromatic nitrogens is 4. The van der Waals surface area contributed by atoms with E-state index in [2.05, 4.69) is 39.9 Å². The van der Waals surface area contributed by atoms with Gasteiger partial charge >= 0.3 is 0 Å². The highest BCUT2D eigenvalue weighted by atomic mass is 16.5. The minimum atomic E-state index is 0.300. The van der Waals surface area contributed by atoms with Crippen LogP contribution in [0.1, 0.15) is 31.4 Å². The molecule has 1 saturated heterocycles. The van der Waals surface area contributed by atoms with Crippen LogP contribution >= 0.6 is 0 Å². The normalized spacial score (nSPS) is 18.1. The molecule has 2 aromatic rings. The maximum Gasteiger partial charge on any atom is 0.143 e.